The molecule has 2 fully saturated rings. The van der Waals surface area contributed by atoms with Gasteiger partial charge in [0.2, 0.25) is 11.8 Å². The van der Waals surface area contributed by atoms with Crippen molar-refractivity contribution in [1.82, 2.24) is 9.88 Å². The maximum Gasteiger partial charge on any atom is 0.225 e. The number of nitrogens with zero attached hydrogens (tertiary/aromatic N) is 2. The van der Waals surface area contributed by atoms with Crippen molar-refractivity contribution >= 4 is 21.8 Å². The summed E-state index contributed by atoms with van der Waals surface area (Å²) in [5.74, 6) is 1.23. The monoisotopic (exact) mass is 338 g/mol. The van der Waals surface area contributed by atoms with Gasteiger partial charge in [0, 0.05) is 35.6 Å². The molecule has 3 rings (SSSR count). The number of pyridine rings is 1. The first kappa shape index (κ1) is 13.9. The molecule has 1 aliphatic carbocycles. The van der Waals surface area contributed by atoms with Gasteiger partial charge in [0.05, 0.1) is 6.54 Å². The van der Waals surface area contributed by atoms with Gasteiger partial charge in [-0.2, -0.15) is 0 Å². The number of carbonyl (C=O) groups excluding carboxylic acids is 1. The van der Waals surface area contributed by atoms with Crippen molar-refractivity contribution in [2.75, 3.05) is 13.1 Å². The molecular formula is C15H19BrN2O2. The fourth-order valence-electron chi connectivity index (χ4n) is 3.06. The number of carbonyl (C=O) groups is 1. The normalized spacial score (nSPS) is 23.2. The van der Waals surface area contributed by atoms with E-state index >= 15 is 0 Å². The third-order valence-electron chi connectivity index (χ3n) is 4.15. The zero-order chi connectivity index (χ0) is 13.9. The number of hydrogen-bond donors (Lipinski definition) is 0. The molecule has 108 valence electrons. The molecule has 0 spiro atoms. The van der Waals surface area contributed by atoms with E-state index in [1.165, 1.54) is 12.8 Å². The van der Waals surface area contributed by atoms with Crippen molar-refractivity contribution in [2.45, 2.75) is 38.2 Å². The Morgan fingerprint density at radius 1 is 1.30 bits per heavy atom. The second kappa shape index (κ2) is 6.12. The Morgan fingerprint density at radius 2 is 2.10 bits per heavy atom. The van der Waals surface area contributed by atoms with E-state index in [0.29, 0.717) is 18.3 Å². The molecule has 4 nitrogen and oxygen atoms in total. The Labute approximate surface area is 127 Å². The van der Waals surface area contributed by atoms with E-state index < -0.39 is 0 Å². The van der Waals surface area contributed by atoms with Crippen molar-refractivity contribution < 1.29 is 9.53 Å². The Hall–Kier alpha value is -1.10. The van der Waals surface area contributed by atoms with Crippen molar-refractivity contribution in [2.24, 2.45) is 5.92 Å². The van der Waals surface area contributed by atoms with E-state index in [0.717, 1.165) is 30.3 Å². The highest BCUT2D eigenvalue weighted by Gasteiger charge is 2.33. The summed E-state index contributed by atoms with van der Waals surface area (Å²) in [6, 6.07) is 3.77. The number of amides is 1. The summed E-state index contributed by atoms with van der Waals surface area (Å²) in [7, 11) is 0. The first-order valence-corrected chi connectivity index (χ1v) is 8.08. The number of aromatic nitrogens is 1. The van der Waals surface area contributed by atoms with Gasteiger partial charge in [0.1, 0.15) is 6.10 Å². The van der Waals surface area contributed by atoms with Crippen LogP contribution < -0.4 is 4.74 Å². The molecule has 1 atom stereocenters. The quantitative estimate of drug-likeness (QED) is 0.850. The number of hydrogen-bond acceptors (Lipinski definition) is 3. The van der Waals surface area contributed by atoms with Crippen LogP contribution in [0.2, 0.25) is 0 Å². The van der Waals surface area contributed by atoms with E-state index in [2.05, 4.69) is 20.9 Å². The molecule has 20 heavy (non-hydrogen) atoms. The fourth-order valence-corrected chi connectivity index (χ4v) is 3.29. The van der Waals surface area contributed by atoms with Gasteiger partial charge in [-0.05, 0) is 34.8 Å². The molecule has 1 saturated heterocycles. The molecule has 1 amide bonds. The Kier molecular flexibility index (Phi) is 4.24. The number of rotatable bonds is 3. The molecule has 0 aromatic carbocycles. The van der Waals surface area contributed by atoms with Crippen LogP contribution in [0, 0.1) is 5.92 Å². The van der Waals surface area contributed by atoms with E-state index in [9.17, 15) is 4.79 Å². The lowest BCUT2D eigenvalue weighted by molar-refractivity contribution is -0.134. The van der Waals surface area contributed by atoms with Crippen molar-refractivity contribution in [3.05, 3.63) is 22.8 Å². The van der Waals surface area contributed by atoms with Crippen molar-refractivity contribution in [3.63, 3.8) is 0 Å². The molecule has 0 N–H and O–H groups in total. The fraction of sp³-hybridized carbons (Fsp3) is 0.600. The molecule has 1 aliphatic heterocycles. The van der Waals surface area contributed by atoms with Crippen LogP contribution in [0.25, 0.3) is 0 Å². The maximum absolute atomic E-state index is 12.3. The molecule has 0 bridgehead atoms. The first-order chi connectivity index (χ1) is 9.72. The lowest BCUT2D eigenvalue weighted by Crippen LogP contribution is -2.34. The Bertz CT molecular complexity index is 471. The van der Waals surface area contributed by atoms with Crippen molar-refractivity contribution in [1.29, 1.82) is 0 Å². The third kappa shape index (κ3) is 3.14. The van der Waals surface area contributed by atoms with Crippen LogP contribution in [-0.2, 0) is 4.79 Å². The Morgan fingerprint density at radius 3 is 2.80 bits per heavy atom. The van der Waals surface area contributed by atoms with Gasteiger partial charge in [0.25, 0.3) is 0 Å². The van der Waals surface area contributed by atoms with Gasteiger partial charge in [-0.3, -0.25) is 4.79 Å². The van der Waals surface area contributed by atoms with Gasteiger partial charge in [-0.25, -0.2) is 4.98 Å². The molecule has 0 radical (unpaired) electrons. The summed E-state index contributed by atoms with van der Waals surface area (Å²) in [5, 5.41) is 0. The second-order valence-electron chi connectivity index (χ2n) is 5.61. The third-order valence-corrected chi connectivity index (χ3v) is 4.62. The number of likely N-dealkylation sites (tertiary alicyclic amines) is 1. The van der Waals surface area contributed by atoms with Crippen LogP contribution in [0.3, 0.4) is 0 Å². The lowest BCUT2D eigenvalue weighted by Gasteiger charge is -2.20. The smallest absolute Gasteiger partial charge is 0.225 e. The topological polar surface area (TPSA) is 42.4 Å². The standard InChI is InChI=1S/C15H19BrN2O2/c16-12-5-6-14(17-9-12)20-13-7-8-18(10-13)15(19)11-3-1-2-4-11/h5-6,9,11,13H,1-4,7-8,10H2. The van der Waals surface area contributed by atoms with Crippen LogP contribution in [0.5, 0.6) is 5.88 Å². The molecule has 1 unspecified atom stereocenters. The average molecular weight is 339 g/mol. The van der Waals surface area contributed by atoms with Gasteiger partial charge < -0.3 is 9.64 Å². The van der Waals surface area contributed by atoms with Crippen LogP contribution in [0.4, 0.5) is 0 Å². The van der Waals surface area contributed by atoms with E-state index in [1.807, 2.05) is 17.0 Å². The largest absolute Gasteiger partial charge is 0.472 e. The summed E-state index contributed by atoms with van der Waals surface area (Å²) in [5.41, 5.74) is 0. The minimum atomic E-state index is 0.0778. The molecule has 2 aliphatic rings. The highest BCUT2D eigenvalue weighted by atomic mass is 79.9. The highest BCUT2D eigenvalue weighted by Crippen LogP contribution is 2.28. The van der Waals surface area contributed by atoms with E-state index in [4.69, 9.17) is 4.74 Å². The maximum atomic E-state index is 12.3. The van der Waals surface area contributed by atoms with Crippen LogP contribution in [-0.4, -0.2) is 35.0 Å². The van der Waals surface area contributed by atoms with E-state index in [-0.39, 0.29) is 12.0 Å². The summed E-state index contributed by atoms with van der Waals surface area (Å²) < 4.78 is 6.79. The summed E-state index contributed by atoms with van der Waals surface area (Å²) in [4.78, 5) is 18.5. The number of halogens is 1. The average Bonchev–Trinajstić information content (AvgIpc) is 3.12. The second-order valence-corrected chi connectivity index (χ2v) is 6.52. The van der Waals surface area contributed by atoms with Gasteiger partial charge in [-0.15, -0.1) is 0 Å². The molecule has 5 heteroatoms. The summed E-state index contributed by atoms with van der Waals surface area (Å²) in [6.07, 6.45) is 7.24. The zero-order valence-corrected chi connectivity index (χ0v) is 13.0. The summed E-state index contributed by atoms with van der Waals surface area (Å²) in [6.45, 7) is 1.52. The van der Waals surface area contributed by atoms with Crippen LogP contribution in [0.15, 0.2) is 22.8 Å². The van der Waals surface area contributed by atoms with Crippen LogP contribution in [0.1, 0.15) is 32.1 Å². The van der Waals surface area contributed by atoms with Gasteiger partial charge >= 0.3 is 0 Å². The molecule has 2 heterocycles. The van der Waals surface area contributed by atoms with Gasteiger partial charge in [0.15, 0.2) is 0 Å². The molecule has 1 saturated carbocycles. The Balaban J connectivity index is 1.54. The van der Waals surface area contributed by atoms with Crippen LogP contribution >= 0.6 is 15.9 Å². The SMILES string of the molecule is O=C(C1CCCC1)N1CCC(Oc2ccc(Br)cn2)C1. The molecular weight excluding hydrogens is 320 g/mol. The minimum absolute atomic E-state index is 0.0778. The molecule has 1 aromatic heterocycles. The predicted octanol–water partition coefficient (Wildman–Crippen LogP) is 3.01. The summed E-state index contributed by atoms with van der Waals surface area (Å²) >= 11 is 3.35. The van der Waals surface area contributed by atoms with Crippen molar-refractivity contribution in [3.8, 4) is 5.88 Å². The minimum Gasteiger partial charge on any atom is -0.472 e. The van der Waals surface area contributed by atoms with E-state index in [1.54, 1.807) is 6.20 Å². The lowest BCUT2D eigenvalue weighted by atomic mass is 10.1. The molecule has 1 aromatic rings. The van der Waals surface area contributed by atoms with Gasteiger partial charge in [-0.1, -0.05) is 12.8 Å². The number of ether oxygens (including phenoxy) is 1. The predicted molar refractivity (Wildman–Crippen MR) is 79.5 cm³/mol. The first-order valence-electron chi connectivity index (χ1n) is 7.29. The zero-order valence-electron chi connectivity index (χ0n) is 11.4. The highest BCUT2D eigenvalue weighted by molar-refractivity contribution is 9.10.